The van der Waals surface area contributed by atoms with Crippen molar-refractivity contribution < 1.29 is 0 Å². The number of para-hydroxylation sites is 3. The molecule has 0 spiro atoms. The maximum absolute atomic E-state index is 2.46. The van der Waals surface area contributed by atoms with E-state index in [0.29, 0.717) is 0 Å². The van der Waals surface area contributed by atoms with Gasteiger partial charge in [-0.3, -0.25) is 0 Å². The highest BCUT2D eigenvalue weighted by Crippen LogP contribution is 2.39. The monoisotopic (exact) mass is 656 g/mol. The van der Waals surface area contributed by atoms with E-state index in [1.807, 2.05) is 0 Å². The summed E-state index contributed by atoms with van der Waals surface area (Å²) in [4.78, 5) is 0. The number of fused-ring (bicyclic) bond motifs is 6. The minimum absolute atomic E-state index is 0.139. The standard InChI is InChI=1S/C48H41BN2/c1-30-24-32(3)47(33(4)25-30)49(48-34(5)26-31(2)27-35(48)6)36-20-22-38(23-21-36)51-44-19-13-11-17-40(44)42-28-41-39-16-10-12-18-43(39)50(45(41)29-46(42)51)37-14-8-7-9-15-37/h7-29H,1-6H3. The highest BCUT2D eigenvalue weighted by molar-refractivity contribution is 6.96. The molecule has 9 aromatic rings. The highest BCUT2D eigenvalue weighted by Gasteiger charge is 2.28. The fourth-order valence-electron chi connectivity index (χ4n) is 9.15. The van der Waals surface area contributed by atoms with E-state index in [4.69, 9.17) is 0 Å². The summed E-state index contributed by atoms with van der Waals surface area (Å²) < 4.78 is 4.87. The summed E-state index contributed by atoms with van der Waals surface area (Å²) in [5, 5.41) is 5.09. The van der Waals surface area contributed by atoms with Crippen LogP contribution in [0.1, 0.15) is 33.4 Å². The molecule has 246 valence electrons. The lowest BCUT2D eigenvalue weighted by atomic mass is 9.34. The van der Waals surface area contributed by atoms with Crippen molar-refractivity contribution in [3.8, 4) is 11.4 Å². The summed E-state index contributed by atoms with van der Waals surface area (Å²) in [5.41, 5.74) is 19.4. The Morgan fingerprint density at radius 1 is 0.353 bits per heavy atom. The second-order valence-corrected chi connectivity index (χ2v) is 14.6. The number of benzene rings is 7. The van der Waals surface area contributed by atoms with E-state index in [-0.39, 0.29) is 6.71 Å². The van der Waals surface area contributed by atoms with E-state index >= 15 is 0 Å². The predicted octanol–water partition coefficient (Wildman–Crippen LogP) is 10.2. The Bertz CT molecular complexity index is 2700. The first-order valence-electron chi connectivity index (χ1n) is 18.1. The maximum Gasteiger partial charge on any atom is 0.242 e. The van der Waals surface area contributed by atoms with Crippen molar-refractivity contribution in [1.29, 1.82) is 0 Å². The SMILES string of the molecule is Cc1cc(C)c(B(c2ccc(-n3c4ccccc4c4cc5c6ccccc6n(-c6ccccc6)c5cc43)cc2)c2c(C)cc(C)cc2C)c(C)c1. The molecule has 7 aromatic carbocycles. The van der Waals surface area contributed by atoms with Crippen LogP contribution in [-0.4, -0.2) is 15.8 Å². The van der Waals surface area contributed by atoms with Gasteiger partial charge in [0, 0.05) is 32.9 Å². The summed E-state index contributed by atoms with van der Waals surface area (Å²) in [7, 11) is 0. The predicted molar refractivity (Wildman–Crippen MR) is 221 cm³/mol. The van der Waals surface area contributed by atoms with Gasteiger partial charge in [-0.2, -0.15) is 0 Å². The molecular formula is C48H41BN2. The Kier molecular flexibility index (Phi) is 7.29. The van der Waals surface area contributed by atoms with Gasteiger partial charge in [-0.25, -0.2) is 0 Å². The normalized spacial score (nSPS) is 11.7. The molecule has 0 atom stereocenters. The average molecular weight is 657 g/mol. The van der Waals surface area contributed by atoms with Gasteiger partial charge in [-0.1, -0.05) is 141 Å². The molecule has 0 aliphatic heterocycles. The summed E-state index contributed by atoms with van der Waals surface area (Å²) in [6, 6.07) is 52.0. The van der Waals surface area contributed by atoms with Gasteiger partial charge < -0.3 is 9.13 Å². The molecule has 3 heteroatoms. The second-order valence-electron chi connectivity index (χ2n) is 14.6. The van der Waals surface area contributed by atoms with Crippen LogP contribution >= 0.6 is 0 Å². The number of hydrogen-bond acceptors (Lipinski definition) is 0. The largest absolute Gasteiger partial charge is 0.309 e. The minimum atomic E-state index is 0.139. The van der Waals surface area contributed by atoms with Gasteiger partial charge in [0.25, 0.3) is 0 Å². The van der Waals surface area contributed by atoms with Crippen LogP contribution in [-0.2, 0) is 0 Å². The lowest BCUT2D eigenvalue weighted by Crippen LogP contribution is -2.55. The summed E-state index contributed by atoms with van der Waals surface area (Å²) in [6.45, 7) is 13.7. The summed E-state index contributed by atoms with van der Waals surface area (Å²) in [6.07, 6.45) is 0. The lowest BCUT2D eigenvalue weighted by Gasteiger charge is -2.25. The topological polar surface area (TPSA) is 9.86 Å². The summed E-state index contributed by atoms with van der Waals surface area (Å²) in [5.74, 6) is 0. The first kappa shape index (κ1) is 31.2. The van der Waals surface area contributed by atoms with E-state index in [1.165, 1.54) is 105 Å². The number of hydrogen-bond donors (Lipinski definition) is 0. The average Bonchev–Trinajstić information content (AvgIpc) is 3.62. The minimum Gasteiger partial charge on any atom is -0.309 e. The molecule has 0 amide bonds. The van der Waals surface area contributed by atoms with Crippen molar-refractivity contribution in [2.24, 2.45) is 0 Å². The van der Waals surface area contributed by atoms with Gasteiger partial charge in [0.2, 0.25) is 6.71 Å². The first-order valence-corrected chi connectivity index (χ1v) is 18.1. The van der Waals surface area contributed by atoms with Gasteiger partial charge in [0.1, 0.15) is 0 Å². The van der Waals surface area contributed by atoms with Crippen LogP contribution in [0.15, 0.2) is 140 Å². The molecule has 51 heavy (non-hydrogen) atoms. The van der Waals surface area contributed by atoms with Gasteiger partial charge in [0.15, 0.2) is 0 Å². The van der Waals surface area contributed by atoms with Crippen LogP contribution in [0.4, 0.5) is 0 Å². The zero-order valence-corrected chi connectivity index (χ0v) is 30.3. The maximum atomic E-state index is 2.46. The zero-order chi connectivity index (χ0) is 35.0. The molecule has 0 fully saturated rings. The quantitative estimate of drug-likeness (QED) is 0.163. The Morgan fingerprint density at radius 3 is 1.24 bits per heavy atom. The Morgan fingerprint density at radius 2 is 0.765 bits per heavy atom. The van der Waals surface area contributed by atoms with Gasteiger partial charge >= 0.3 is 0 Å². The number of nitrogens with zero attached hydrogens (tertiary/aromatic N) is 2. The summed E-state index contributed by atoms with van der Waals surface area (Å²) >= 11 is 0. The van der Waals surface area contributed by atoms with Crippen molar-refractivity contribution in [3.05, 3.63) is 173 Å². The third-order valence-corrected chi connectivity index (χ3v) is 11.0. The van der Waals surface area contributed by atoms with E-state index in [9.17, 15) is 0 Å². The molecule has 0 aliphatic rings. The van der Waals surface area contributed by atoms with Gasteiger partial charge in [-0.15, -0.1) is 0 Å². The van der Waals surface area contributed by atoms with Crippen LogP contribution in [0.3, 0.4) is 0 Å². The fourth-order valence-corrected chi connectivity index (χ4v) is 9.15. The number of rotatable bonds is 5. The third-order valence-electron chi connectivity index (χ3n) is 11.0. The molecule has 2 aromatic heterocycles. The molecule has 2 heterocycles. The van der Waals surface area contributed by atoms with Crippen LogP contribution < -0.4 is 16.4 Å². The molecule has 0 saturated carbocycles. The van der Waals surface area contributed by atoms with Crippen LogP contribution in [0.5, 0.6) is 0 Å². The Hall–Kier alpha value is -5.80. The molecule has 0 saturated heterocycles. The zero-order valence-electron chi connectivity index (χ0n) is 30.3. The van der Waals surface area contributed by atoms with Crippen LogP contribution in [0.25, 0.3) is 55.0 Å². The van der Waals surface area contributed by atoms with Crippen LogP contribution in [0, 0.1) is 41.5 Å². The fraction of sp³-hybridized carbons (Fsp3) is 0.125. The number of aryl methyl sites for hydroxylation is 6. The molecule has 0 radical (unpaired) electrons. The van der Waals surface area contributed by atoms with Crippen LogP contribution in [0.2, 0.25) is 0 Å². The lowest BCUT2D eigenvalue weighted by molar-refractivity contribution is 1.17. The first-order chi connectivity index (χ1) is 24.8. The Labute approximate surface area is 300 Å². The molecule has 0 N–H and O–H groups in total. The third kappa shape index (κ3) is 4.94. The van der Waals surface area contributed by atoms with Crippen molar-refractivity contribution in [2.45, 2.75) is 41.5 Å². The molecule has 2 nitrogen and oxygen atoms in total. The molecular weight excluding hydrogens is 615 g/mol. The van der Waals surface area contributed by atoms with Crippen molar-refractivity contribution in [1.82, 2.24) is 9.13 Å². The molecule has 9 rings (SSSR count). The molecule has 0 unspecified atom stereocenters. The van der Waals surface area contributed by atoms with Crippen molar-refractivity contribution >= 4 is 66.7 Å². The molecule has 0 bridgehead atoms. The van der Waals surface area contributed by atoms with Gasteiger partial charge in [0.05, 0.1) is 22.1 Å². The van der Waals surface area contributed by atoms with E-state index in [1.54, 1.807) is 0 Å². The Balaban J connectivity index is 1.28. The van der Waals surface area contributed by atoms with Gasteiger partial charge in [-0.05, 0) is 90.1 Å². The van der Waals surface area contributed by atoms with E-state index in [2.05, 4.69) is 190 Å². The van der Waals surface area contributed by atoms with Crippen molar-refractivity contribution in [2.75, 3.05) is 0 Å². The second kappa shape index (κ2) is 11.9. The van der Waals surface area contributed by atoms with E-state index in [0.717, 1.165) is 0 Å². The molecule has 0 aliphatic carbocycles. The van der Waals surface area contributed by atoms with Crippen molar-refractivity contribution in [3.63, 3.8) is 0 Å². The smallest absolute Gasteiger partial charge is 0.242 e. The number of aromatic nitrogens is 2. The van der Waals surface area contributed by atoms with E-state index < -0.39 is 0 Å². The highest BCUT2D eigenvalue weighted by atomic mass is 15.0.